The summed E-state index contributed by atoms with van der Waals surface area (Å²) in [4.78, 5) is 34.3. The van der Waals surface area contributed by atoms with Gasteiger partial charge in [-0.25, -0.2) is 4.39 Å². The Hall–Kier alpha value is -3.23. The molecule has 35 heavy (non-hydrogen) atoms. The van der Waals surface area contributed by atoms with E-state index in [1.807, 2.05) is 51.6 Å². The van der Waals surface area contributed by atoms with Crippen LogP contribution in [0.2, 0.25) is 0 Å². The number of rotatable bonds is 6. The maximum atomic E-state index is 14.3. The summed E-state index contributed by atoms with van der Waals surface area (Å²) in [7, 11) is 1.61. The Morgan fingerprint density at radius 1 is 1.03 bits per heavy atom. The van der Waals surface area contributed by atoms with Gasteiger partial charge in [-0.3, -0.25) is 9.59 Å². The molecule has 0 bridgehead atoms. The normalized spacial score (nSPS) is 20.2. The lowest BCUT2D eigenvalue weighted by Crippen LogP contribution is -2.53. The van der Waals surface area contributed by atoms with Gasteiger partial charge in [0.15, 0.2) is 0 Å². The van der Waals surface area contributed by atoms with E-state index in [1.54, 1.807) is 41.5 Å². The summed E-state index contributed by atoms with van der Waals surface area (Å²) in [6.45, 7) is 2.88. The van der Waals surface area contributed by atoms with Crippen molar-refractivity contribution in [2.45, 2.75) is 12.0 Å². The quantitative estimate of drug-likeness (QED) is 0.518. The Labute approximate surface area is 208 Å². The Balaban J connectivity index is 1.46. The number of carbonyl (C=O) groups excluding carboxylic acids is 2. The number of amides is 2. The molecular formula is C27H28FN3O3S. The number of hydrogen-bond donors (Lipinski definition) is 0. The number of nitrogens with zero attached hydrogens (tertiary/aromatic N) is 3. The van der Waals surface area contributed by atoms with E-state index in [2.05, 4.69) is 0 Å². The largest absolute Gasteiger partial charge is 0.383 e. The van der Waals surface area contributed by atoms with Crippen LogP contribution in [0.15, 0.2) is 66.0 Å². The summed E-state index contributed by atoms with van der Waals surface area (Å²) in [5, 5.41) is 1.98. The molecular weight excluding hydrogens is 465 g/mol. The molecule has 0 aliphatic carbocycles. The van der Waals surface area contributed by atoms with Crippen molar-refractivity contribution < 1.29 is 18.7 Å². The van der Waals surface area contributed by atoms with Gasteiger partial charge >= 0.3 is 0 Å². The molecule has 2 aliphatic heterocycles. The van der Waals surface area contributed by atoms with Crippen LogP contribution >= 0.6 is 11.3 Å². The molecule has 2 amide bonds. The lowest BCUT2D eigenvalue weighted by Gasteiger charge is -2.44. The van der Waals surface area contributed by atoms with Crippen LogP contribution in [0, 0.1) is 5.82 Å². The minimum atomic E-state index is -0.514. The number of carbonyl (C=O) groups is 2. The highest BCUT2D eigenvalue weighted by Gasteiger charge is 2.46. The molecule has 2 aliphatic rings. The first kappa shape index (κ1) is 23.5. The Kier molecular flexibility index (Phi) is 6.83. The molecule has 0 N–H and O–H groups in total. The summed E-state index contributed by atoms with van der Waals surface area (Å²) in [5.74, 6) is -0.846. The van der Waals surface area contributed by atoms with E-state index in [1.165, 1.54) is 6.07 Å². The number of anilines is 1. The highest BCUT2D eigenvalue weighted by molar-refractivity contribution is 7.10. The molecule has 6 nitrogen and oxygen atoms in total. The van der Waals surface area contributed by atoms with Crippen LogP contribution in [-0.4, -0.2) is 68.1 Å². The lowest BCUT2D eigenvalue weighted by molar-refractivity contribution is -0.135. The molecule has 1 aromatic heterocycles. The van der Waals surface area contributed by atoms with Crippen molar-refractivity contribution in [3.8, 4) is 0 Å². The van der Waals surface area contributed by atoms with Crippen molar-refractivity contribution in [1.82, 2.24) is 9.80 Å². The molecule has 3 aromatic rings. The minimum absolute atomic E-state index is 0.000972. The second-order valence-electron chi connectivity index (χ2n) is 8.78. The Morgan fingerprint density at radius 3 is 2.49 bits per heavy atom. The van der Waals surface area contributed by atoms with Gasteiger partial charge in [0.05, 0.1) is 24.3 Å². The molecule has 0 spiro atoms. The highest BCUT2D eigenvalue weighted by Crippen LogP contribution is 2.45. The number of piperazine rings is 1. The molecule has 0 unspecified atom stereocenters. The molecule has 0 radical (unpaired) electrons. The van der Waals surface area contributed by atoms with E-state index in [4.69, 9.17) is 4.74 Å². The summed E-state index contributed by atoms with van der Waals surface area (Å²) in [6.07, 6.45) is 0. The number of para-hydroxylation sites is 1. The van der Waals surface area contributed by atoms with Crippen molar-refractivity contribution in [3.63, 3.8) is 0 Å². The van der Waals surface area contributed by atoms with E-state index in [0.29, 0.717) is 50.6 Å². The number of benzene rings is 2. The zero-order valence-corrected chi connectivity index (χ0v) is 20.4. The topological polar surface area (TPSA) is 53.1 Å². The number of hydrogen-bond acceptors (Lipinski definition) is 5. The van der Waals surface area contributed by atoms with E-state index in [-0.39, 0.29) is 17.6 Å². The second-order valence-corrected chi connectivity index (χ2v) is 9.76. The van der Waals surface area contributed by atoms with Crippen LogP contribution < -0.4 is 4.90 Å². The number of methoxy groups -OCH3 is 1. The summed E-state index contributed by atoms with van der Waals surface area (Å²) in [5.41, 5.74) is 1.90. The first-order valence-corrected chi connectivity index (χ1v) is 12.7. The molecule has 2 aromatic carbocycles. The van der Waals surface area contributed by atoms with Crippen LogP contribution in [0.25, 0.3) is 0 Å². The molecule has 182 valence electrons. The number of ether oxygens (including phenoxy) is 1. The monoisotopic (exact) mass is 493 g/mol. The van der Waals surface area contributed by atoms with Crippen LogP contribution in [0.4, 0.5) is 10.1 Å². The van der Waals surface area contributed by atoms with Gasteiger partial charge in [0, 0.05) is 50.3 Å². The molecule has 1 fully saturated rings. The fourth-order valence-electron chi connectivity index (χ4n) is 5.14. The third-order valence-electron chi connectivity index (χ3n) is 6.86. The zero-order valence-electron chi connectivity index (χ0n) is 19.6. The molecule has 8 heteroatoms. The van der Waals surface area contributed by atoms with Crippen LogP contribution in [0.5, 0.6) is 0 Å². The predicted molar refractivity (Wildman–Crippen MR) is 134 cm³/mol. The van der Waals surface area contributed by atoms with E-state index in [9.17, 15) is 14.0 Å². The van der Waals surface area contributed by atoms with Crippen LogP contribution in [-0.2, 0) is 9.53 Å². The molecule has 5 rings (SSSR count). The third-order valence-corrected chi connectivity index (χ3v) is 7.80. The molecule has 1 saturated heterocycles. The summed E-state index contributed by atoms with van der Waals surface area (Å²) >= 11 is 1.56. The van der Waals surface area contributed by atoms with Gasteiger partial charge in [-0.05, 0) is 35.2 Å². The minimum Gasteiger partial charge on any atom is -0.383 e. The van der Waals surface area contributed by atoms with Gasteiger partial charge < -0.3 is 19.4 Å². The van der Waals surface area contributed by atoms with E-state index < -0.39 is 12.0 Å². The average Bonchev–Trinajstić information content (AvgIpc) is 3.43. The van der Waals surface area contributed by atoms with E-state index in [0.717, 1.165) is 10.4 Å². The Morgan fingerprint density at radius 2 is 1.77 bits per heavy atom. The first-order chi connectivity index (χ1) is 17.1. The molecule has 0 saturated carbocycles. The highest BCUT2D eigenvalue weighted by atomic mass is 32.1. The number of thiophene rings is 1. The van der Waals surface area contributed by atoms with Crippen molar-refractivity contribution in [2.75, 3.05) is 51.3 Å². The predicted octanol–water partition coefficient (Wildman–Crippen LogP) is 4.16. The third kappa shape index (κ3) is 4.44. The van der Waals surface area contributed by atoms with Gasteiger partial charge in [0.1, 0.15) is 5.82 Å². The number of halogens is 1. The molecule has 2 atom stereocenters. The molecule has 3 heterocycles. The van der Waals surface area contributed by atoms with Gasteiger partial charge in [-0.2, -0.15) is 0 Å². The summed E-state index contributed by atoms with van der Waals surface area (Å²) in [6, 6.07) is 17.7. The second kappa shape index (κ2) is 10.2. The van der Waals surface area contributed by atoms with Crippen molar-refractivity contribution >= 4 is 28.8 Å². The van der Waals surface area contributed by atoms with Crippen molar-refractivity contribution in [3.05, 3.63) is 87.9 Å². The van der Waals surface area contributed by atoms with Gasteiger partial charge in [0.25, 0.3) is 5.91 Å². The SMILES string of the molecule is COCCN1C(=O)c2ccccc2[C@H](C(=O)N2CCN(c3ccccc3F)CC2)[C@H]1c1cccs1. The van der Waals surface area contributed by atoms with E-state index >= 15 is 0 Å². The maximum absolute atomic E-state index is 14.3. The first-order valence-electron chi connectivity index (χ1n) is 11.8. The maximum Gasteiger partial charge on any atom is 0.254 e. The zero-order chi connectivity index (χ0) is 24.4. The van der Waals surface area contributed by atoms with Gasteiger partial charge in [-0.15, -0.1) is 11.3 Å². The van der Waals surface area contributed by atoms with Crippen LogP contribution in [0.1, 0.15) is 32.8 Å². The fourth-order valence-corrected chi connectivity index (χ4v) is 6.02. The van der Waals surface area contributed by atoms with Crippen molar-refractivity contribution in [2.24, 2.45) is 0 Å². The fraction of sp³-hybridized carbons (Fsp3) is 0.333. The van der Waals surface area contributed by atoms with Gasteiger partial charge in [0.2, 0.25) is 5.91 Å². The number of fused-ring (bicyclic) bond motifs is 1. The summed E-state index contributed by atoms with van der Waals surface area (Å²) < 4.78 is 19.6. The van der Waals surface area contributed by atoms with Crippen molar-refractivity contribution in [1.29, 1.82) is 0 Å². The average molecular weight is 494 g/mol. The Bertz CT molecular complexity index is 1190. The van der Waals surface area contributed by atoms with Crippen LogP contribution in [0.3, 0.4) is 0 Å². The smallest absolute Gasteiger partial charge is 0.254 e. The lowest BCUT2D eigenvalue weighted by atomic mass is 9.81. The van der Waals surface area contributed by atoms with Gasteiger partial charge in [-0.1, -0.05) is 36.4 Å². The standard InChI is InChI=1S/C27H28FN3O3S/c1-34-17-16-31-25(23-11-6-18-35-23)24(19-7-2-3-8-20(19)26(31)32)27(33)30-14-12-29(13-15-30)22-10-5-4-9-21(22)28/h2-11,18,24-25H,12-17H2,1H3/t24-,25+/m0/s1.